The van der Waals surface area contributed by atoms with Crippen LogP contribution in [0.2, 0.25) is 0 Å². The maximum Gasteiger partial charge on any atom is 0.0181 e. The van der Waals surface area contributed by atoms with E-state index in [1.54, 1.807) is 5.57 Å². The van der Waals surface area contributed by atoms with E-state index in [1.165, 1.54) is 46.2 Å². The third-order valence-corrected chi connectivity index (χ3v) is 5.61. The predicted octanol–water partition coefficient (Wildman–Crippen LogP) is 6.22. The standard InChI is InChI=1S/C23H33Br/c1-16(2)8-7-9-19(15-23(4,5)6)21-13-11-18-10-12-20(24)14-22(18)17(21)3/h8,10-12,14,19,21H,7,9,13,15H2,1-6H3. The third kappa shape index (κ3) is 5.34. The molecule has 0 amide bonds. The zero-order valence-electron chi connectivity index (χ0n) is 16.2. The van der Waals surface area contributed by atoms with Crippen LogP contribution in [0, 0.1) is 17.3 Å². The lowest BCUT2D eigenvalue weighted by molar-refractivity contribution is 0.242. The van der Waals surface area contributed by atoms with Gasteiger partial charge in [0.05, 0.1) is 0 Å². The lowest BCUT2D eigenvalue weighted by Crippen LogP contribution is -2.35. The van der Waals surface area contributed by atoms with Crippen molar-refractivity contribution >= 4 is 27.6 Å². The molecule has 0 aliphatic heterocycles. The van der Waals surface area contributed by atoms with Crippen molar-refractivity contribution in [2.75, 3.05) is 0 Å². The van der Waals surface area contributed by atoms with Gasteiger partial charge in [-0.2, -0.15) is 0 Å². The number of hydrogen-bond acceptors (Lipinski definition) is 0. The maximum atomic E-state index is 3.65. The molecule has 1 aliphatic rings. The zero-order chi connectivity index (χ0) is 17.9. The molecule has 1 heteroatoms. The molecule has 0 fully saturated rings. The van der Waals surface area contributed by atoms with Gasteiger partial charge in [-0.3, -0.25) is 0 Å². The molecule has 0 spiro atoms. The van der Waals surface area contributed by atoms with Crippen molar-refractivity contribution in [2.45, 2.75) is 67.2 Å². The third-order valence-electron chi connectivity index (χ3n) is 5.12. The molecule has 1 aromatic rings. The van der Waals surface area contributed by atoms with Gasteiger partial charge >= 0.3 is 0 Å². The molecular weight excluding hydrogens is 356 g/mol. The number of benzene rings is 1. The zero-order valence-corrected chi connectivity index (χ0v) is 17.8. The molecule has 0 radical (unpaired) electrons. The highest BCUT2D eigenvalue weighted by Crippen LogP contribution is 2.38. The Morgan fingerprint density at radius 3 is 2.62 bits per heavy atom. The van der Waals surface area contributed by atoms with E-state index in [4.69, 9.17) is 0 Å². The topological polar surface area (TPSA) is 0 Å². The van der Waals surface area contributed by atoms with Crippen LogP contribution in [-0.4, -0.2) is 0 Å². The average molecular weight is 389 g/mol. The van der Waals surface area contributed by atoms with Crippen LogP contribution in [-0.2, 0) is 0 Å². The minimum absolute atomic E-state index is 0.382. The normalized spacial score (nSPS) is 18.6. The molecule has 24 heavy (non-hydrogen) atoms. The Balaban J connectivity index is 2.33. The van der Waals surface area contributed by atoms with Gasteiger partial charge in [0, 0.05) is 4.47 Å². The highest BCUT2D eigenvalue weighted by atomic mass is 79.9. The van der Waals surface area contributed by atoms with Gasteiger partial charge in [-0.25, -0.2) is 0 Å². The fourth-order valence-corrected chi connectivity index (χ4v) is 4.40. The van der Waals surface area contributed by atoms with Crippen molar-refractivity contribution in [3.8, 4) is 0 Å². The summed E-state index contributed by atoms with van der Waals surface area (Å²) < 4.78 is 1.19. The van der Waals surface area contributed by atoms with Gasteiger partial charge in [-0.1, -0.05) is 66.1 Å². The van der Waals surface area contributed by atoms with Crippen LogP contribution in [0.4, 0.5) is 0 Å². The van der Waals surface area contributed by atoms with Crippen molar-refractivity contribution < 1.29 is 0 Å². The van der Waals surface area contributed by atoms with E-state index in [1.807, 2.05) is 0 Å². The minimum Gasteiger partial charge on any atom is -0.0859 e. The van der Waals surface area contributed by atoms with Gasteiger partial charge in [-0.05, 0) is 86.3 Å². The molecule has 0 N–H and O–H groups in total. The van der Waals surface area contributed by atoms with Crippen LogP contribution >= 0.6 is 15.9 Å². The summed E-state index contributed by atoms with van der Waals surface area (Å²) in [4.78, 5) is 0. The van der Waals surface area contributed by atoms with Gasteiger partial charge in [0.15, 0.2) is 0 Å². The number of fused-ring (bicyclic) bond motifs is 1. The summed E-state index contributed by atoms with van der Waals surface area (Å²) in [6.45, 7) is 13.9. The van der Waals surface area contributed by atoms with Gasteiger partial charge < -0.3 is 0 Å². The Morgan fingerprint density at radius 1 is 1.29 bits per heavy atom. The molecule has 0 saturated carbocycles. The van der Waals surface area contributed by atoms with Crippen LogP contribution in [0.15, 0.2) is 34.3 Å². The number of hydrogen-bond donors (Lipinski definition) is 0. The molecule has 0 nitrogen and oxygen atoms in total. The summed E-state index contributed by atoms with van der Waals surface area (Å²) in [7, 11) is 0. The number of rotatable bonds is 5. The van der Waals surface area contributed by atoms with Crippen LogP contribution in [0.25, 0.3) is 11.6 Å². The molecule has 0 bridgehead atoms. The SMILES string of the molecule is CC(C)=CCCC(CC(C)(C)C)C1CC=c2ccc(Br)cc2=C1C. The van der Waals surface area contributed by atoms with Crippen molar-refractivity contribution in [3.63, 3.8) is 0 Å². The summed E-state index contributed by atoms with van der Waals surface area (Å²) in [6.07, 6.45) is 9.84. The molecule has 1 aliphatic carbocycles. The first-order chi connectivity index (χ1) is 11.2. The van der Waals surface area contributed by atoms with Crippen LogP contribution < -0.4 is 10.4 Å². The molecule has 2 atom stereocenters. The number of halogens is 1. The summed E-state index contributed by atoms with van der Waals surface area (Å²) in [5.74, 6) is 1.43. The van der Waals surface area contributed by atoms with Gasteiger partial charge in [-0.15, -0.1) is 0 Å². The summed E-state index contributed by atoms with van der Waals surface area (Å²) >= 11 is 3.65. The lowest BCUT2D eigenvalue weighted by atomic mass is 9.71. The van der Waals surface area contributed by atoms with E-state index in [9.17, 15) is 0 Å². The minimum atomic E-state index is 0.382. The smallest absolute Gasteiger partial charge is 0.0181 e. The lowest BCUT2D eigenvalue weighted by Gasteiger charge is -2.34. The first kappa shape index (κ1) is 19.5. The Labute approximate surface area is 156 Å². The summed E-state index contributed by atoms with van der Waals surface area (Å²) in [5, 5.41) is 2.85. The van der Waals surface area contributed by atoms with Crippen molar-refractivity contribution in [2.24, 2.45) is 17.3 Å². The maximum absolute atomic E-state index is 3.65. The second-order valence-electron chi connectivity index (χ2n) is 8.84. The van der Waals surface area contributed by atoms with Crippen molar-refractivity contribution in [1.29, 1.82) is 0 Å². The van der Waals surface area contributed by atoms with E-state index < -0.39 is 0 Å². The molecular formula is C23H33Br. The largest absolute Gasteiger partial charge is 0.0859 e. The molecule has 0 aromatic heterocycles. The highest BCUT2D eigenvalue weighted by Gasteiger charge is 2.28. The van der Waals surface area contributed by atoms with E-state index in [0.29, 0.717) is 11.3 Å². The average Bonchev–Trinajstić information content (AvgIpc) is 2.45. The van der Waals surface area contributed by atoms with Gasteiger partial charge in [0.2, 0.25) is 0 Å². The van der Waals surface area contributed by atoms with Crippen LogP contribution in [0.5, 0.6) is 0 Å². The Kier molecular flexibility index (Phi) is 6.53. The van der Waals surface area contributed by atoms with E-state index in [-0.39, 0.29) is 0 Å². The second kappa shape index (κ2) is 8.04. The van der Waals surface area contributed by atoms with Gasteiger partial charge in [0.1, 0.15) is 0 Å². The van der Waals surface area contributed by atoms with Crippen molar-refractivity contribution in [3.05, 3.63) is 44.8 Å². The Morgan fingerprint density at radius 2 is 2.00 bits per heavy atom. The highest BCUT2D eigenvalue weighted by molar-refractivity contribution is 9.10. The van der Waals surface area contributed by atoms with Crippen molar-refractivity contribution in [1.82, 2.24) is 0 Å². The second-order valence-corrected chi connectivity index (χ2v) is 9.76. The predicted molar refractivity (Wildman–Crippen MR) is 111 cm³/mol. The van der Waals surface area contributed by atoms with E-state index >= 15 is 0 Å². The van der Waals surface area contributed by atoms with Crippen LogP contribution in [0.1, 0.15) is 67.2 Å². The molecule has 1 aromatic carbocycles. The molecule has 2 rings (SSSR count). The molecule has 132 valence electrons. The van der Waals surface area contributed by atoms with E-state index in [2.05, 4.69) is 87.8 Å². The number of allylic oxidation sites excluding steroid dienone is 2. The fraction of sp³-hybridized carbons (Fsp3) is 0.565. The molecule has 0 saturated heterocycles. The molecule has 2 unspecified atom stereocenters. The summed E-state index contributed by atoms with van der Waals surface area (Å²) in [6, 6.07) is 6.71. The Bertz CT molecular complexity index is 711. The molecule has 0 heterocycles. The van der Waals surface area contributed by atoms with Gasteiger partial charge in [0.25, 0.3) is 0 Å². The fourth-order valence-electron chi connectivity index (χ4n) is 4.04. The Hall–Kier alpha value is -0.820. The van der Waals surface area contributed by atoms with Crippen LogP contribution in [0.3, 0.4) is 0 Å². The summed E-state index contributed by atoms with van der Waals surface area (Å²) in [5.41, 5.74) is 3.41. The quantitative estimate of drug-likeness (QED) is 0.525. The van der Waals surface area contributed by atoms with E-state index in [0.717, 1.165) is 5.92 Å². The monoisotopic (exact) mass is 388 g/mol. The first-order valence-corrected chi connectivity index (χ1v) is 10.1. The first-order valence-electron chi connectivity index (χ1n) is 9.27.